The molecule has 3 aliphatic rings. The molecule has 1 saturated carbocycles. The molecule has 2 N–H and O–H groups in total. The van der Waals surface area contributed by atoms with Gasteiger partial charge in [-0.3, -0.25) is 4.79 Å². The maximum absolute atomic E-state index is 13.1. The molecule has 0 aromatic heterocycles. The molecule has 7 nitrogen and oxygen atoms in total. The van der Waals surface area contributed by atoms with Crippen LogP contribution in [0.15, 0.2) is 48.5 Å². The number of fused-ring (bicyclic) bond motifs is 3. The van der Waals surface area contributed by atoms with Crippen molar-refractivity contribution in [3.05, 3.63) is 59.7 Å². The van der Waals surface area contributed by atoms with Gasteiger partial charge in [-0.25, -0.2) is 9.59 Å². The molecular weight excluding hydrogens is 452 g/mol. The summed E-state index contributed by atoms with van der Waals surface area (Å²) in [5.74, 6) is -0.388. The van der Waals surface area contributed by atoms with Crippen LogP contribution < -0.4 is 5.32 Å². The standard InChI is InChI=1S/C26H28N2O5S/c29-24(28-15-34-14-23(28)25(30)31)17(11-16-9-10-16)12-27-26(32)33-13-22-20-7-3-1-5-18(20)19-6-2-4-8-21(19)22/h1-8,16-17,22-23H,9-15H2,(H,27,32)(H,30,31). The number of hydrogen-bond acceptors (Lipinski definition) is 5. The fourth-order valence-corrected chi connectivity index (χ4v) is 6.14. The van der Waals surface area contributed by atoms with Crippen molar-refractivity contribution < 1.29 is 24.2 Å². The number of nitrogens with zero attached hydrogens (tertiary/aromatic N) is 1. The van der Waals surface area contributed by atoms with E-state index < -0.39 is 24.0 Å². The Hall–Kier alpha value is -3.00. The summed E-state index contributed by atoms with van der Waals surface area (Å²) < 4.78 is 5.60. The molecule has 2 atom stereocenters. The first-order valence-electron chi connectivity index (χ1n) is 11.7. The highest BCUT2D eigenvalue weighted by Gasteiger charge is 2.39. The van der Waals surface area contributed by atoms with E-state index in [4.69, 9.17) is 4.74 Å². The topological polar surface area (TPSA) is 95.9 Å². The summed E-state index contributed by atoms with van der Waals surface area (Å²) in [6, 6.07) is 15.5. The van der Waals surface area contributed by atoms with Crippen molar-refractivity contribution in [3.8, 4) is 11.1 Å². The summed E-state index contributed by atoms with van der Waals surface area (Å²) in [5, 5.41) is 12.2. The second kappa shape index (κ2) is 9.70. The number of benzene rings is 2. The van der Waals surface area contributed by atoms with Gasteiger partial charge in [0.25, 0.3) is 0 Å². The number of ether oxygens (including phenoxy) is 1. The Bertz CT molecular complexity index is 1060. The van der Waals surface area contributed by atoms with Crippen LogP contribution in [0.4, 0.5) is 4.79 Å². The van der Waals surface area contributed by atoms with E-state index in [0.717, 1.165) is 24.0 Å². The van der Waals surface area contributed by atoms with E-state index >= 15 is 0 Å². The Labute approximate surface area is 202 Å². The van der Waals surface area contributed by atoms with Crippen LogP contribution in [0.2, 0.25) is 0 Å². The molecule has 0 radical (unpaired) electrons. The van der Waals surface area contributed by atoms with Crippen LogP contribution in [-0.2, 0) is 14.3 Å². The van der Waals surface area contributed by atoms with E-state index in [1.807, 2.05) is 24.3 Å². The number of thioether (sulfide) groups is 1. The molecule has 0 bridgehead atoms. The number of carboxylic acids is 1. The molecule has 2 amide bonds. The van der Waals surface area contributed by atoms with Crippen LogP contribution in [0.25, 0.3) is 11.1 Å². The molecule has 0 spiro atoms. The first-order valence-corrected chi connectivity index (χ1v) is 12.9. The average Bonchev–Trinajstić information content (AvgIpc) is 3.42. The number of hydrogen-bond donors (Lipinski definition) is 2. The minimum Gasteiger partial charge on any atom is -0.480 e. The molecule has 178 valence electrons. The van der Waals surface area contributed by atoms with Crippen molar-refractivity contribution in [2.75, 3.05) is 24.8 Å². The number of amides is 2. The number of aliphatic carboxylic acids is 1. The van der Waals surface area contributed by atoms with E-state index in [9.17, 15) is 19.5 Å². The number of carbonyl (C=O) groups excluding carboxylic acids is 2. The van der Waals surface area contributed by atoms with Gasteiger partial charge in [0, 0.05) is 18.2 Å². The molecule has 2 aromatic rings. The third kappa shape index (κ3) is 4.64. The second-order valence-electron chi connectivity index (χ2n) is 9.24. The van der Waals surface area contributed by atoms with Gasteiger partial charge in [0.15, 0.2) is 0 Å². The van der Waals surface area contributed by atoms with Crippen molar-refractivity contribution in [1.82, 2.24) is 10.2 Å². The highest BCUT2D eigenvalue weighted by atomic mass is 32.2. The lowest BCUT2D eigenvalue weighted by molar-refractivity contribution is -0.149. The van der Waals surface area contributed by atoms with Crippen LogP contribution in [0.5, 0.6) is 0 Å². The summed E-state index contributed by atoms with van der Waals surface area (Å²) in [5.41, 5.74) is 4.62. The largest absolute Gasteiger partial charge is 0.480 e. The Morgan fingerprint density at radius 3 is 2.32 bits per heavy atom. The van der Waals surface area contributed by atoms with Gasteiger partial charge >= 0.3 is 12.1 Å². The predicted octanol–water partition coefficient (Wildman–Crippen LogP) is 3.93. The maximum Gasteiger partial charge on any atom is 0.407 e. The minimum absolute atomic E-state index is 0.0278. The molecule has 8 heteroatoms. The van der Waals surface area contributed by atoms with Gasteiger partial charge in [0.05, 0.1) is 11.8 Å². The second-order valence-corrected chi connectivity index (χ2v) is 10.2. The number of alkyl carbamates (subject to hydrolysis) is 1. The third-order valence-corrected chi connectivity index (χ3v) is 7.96. The van der Waals surface area contributed by atoms with Gasteiger partial charge in [0.2, 0.25) is 5.91 Å². The molecule has 2 aromatic carbocycles. The van der Waals surface area contributed by atoms with Crippen LogP contribution in [0.3, 0.4) is 0 Å². The molecule has 1 heterocycles. The van der Waals surface area contributed by atoms with Gasteiger partial charge in [-0.05, 0) is 34.6 Å². The summed E-state index contributed by atoms with van der Waals surface area (Å²) >= 11 is 1.45. The van der Waals surface area contributed by atoms with Gasteiger partial charge in [0.1, 0.15) is 12.6 Å². The molecule has 1 saturated heterocycles. The quantitative estimate of drug-likeness (QED) is 0.595. The fraction of sp³-hybridized carbons (Fsp3) is 0.423. The summed E-state index contributed by atoms with van der Waals surface area (Å²) in [6.45, 7) is 0.366. The van der Waals surface area contributed by atoms with Crippen molar-refractivity contribution >= 4 is 29.7 Å². The summed E-state index contributed by atoms with van der Waals surface area (Å²) in [6.07, 6.45) is 2.26. The molecule has 1 aliphatic heterocycles. The molecule has 2 aliphatic carbocycles. The zero-order valence-electron chi connectivity index (χ0n) is 18.8. The number of rotatable bonds is 8. The predicted molar refractivity (Wildman–Crippen MR) is 129 cm³/mol. The van der Waals surface area contributed by atoms with E-state index in [1.165, 1.54) is 27.8 Å². The Morgan fingerprint density at radius 2 is 1.71 bits per heavy atom. The molecular formula is C26H28N2O5S. The average molecular weight is 481 g/mol. The zero-order chi connectivity index (χ0) is 23.7. The lowest BCUT2D eigenvalue weighted by Gasteiger charge is -2.26. The first-order chi connectivity index (χ1) is 16.5. The molecule has 5 rings (SSSR count). The first kappa shape index (κ1) is 22.8. The van der Waals surface area contributed by atoms with E-state index in [0.29, 0.717) is 24.0 Å². The Kier molecular flexibility index (Phi) is 6.50. The highest BCUT2D eigenvalue weighted by molar-refractivity contribution is 7.99. The van der Waals surface area contributed by atoms with Crippen molar-refractivity contribution in [3.63, 3.8) is 0 Å². The number of carbonyl (C=O) groups is 3. The van der Waals surface area contributed by atoms with E-state index in [-0.39, 0.29) is 25.0 Å². The lowest BCUT2D eigenvalue weighted by atomic mass is 9.98. The van der Waals surface area contributed by atoms with Crippen LogP contribution in [0.1, 0.15) is 36.3 Å². The van der Waals surface area contributed by atoms with Crippen molar-refractivity contribution in [2.45, 2.75) is 31.2 Å². The monoisotopic (exact) mass is 480 g/mol. The summed E-state index contributed by atoms with van der Waals surface area (Å²) in [7, 11) is 0. The lowest BCUT2D eigenvalue weighted by Crippen LogP contribution is -2.47. The fourth-order valence-electron chi connectivity index (χ4n) is 4.98. The maximum atomic E-state index is 13.1. The van der Waals surface area contributed by atoms with Crippen molar-refractivity contribution in [1.29, 1.82) is 0 Å². The normalized spacial score (nSPS) is 19.9. The van der Waals surface area contributed by atoms with Gasteiger partial charge < -0.3 is 20.1 Å². The van der Waals surface area contributed by atoms with E-state index in [2.05, 4.69) is 29.6 Å². The molecule has 2 fully saturated rings. The Morgan fingerprint density at radius 1 is 1.06 bits per heavy atom. The zero-order valence-corrected chi connectivity index (χ0v) is 19.6. The smallest absolute Gasteiger partial charge is 0.407 e. The highest BCUT2D eigenvalue weighted by Crippen LogP contribution is 2.44. The van der Waals surface area contributed by atoms with Gasteiger partial charge in [-0.15, -0.1) is 11.8 Å². The van der Waals surface area contributed by atoms with Crippen molar-refractivity contribution in [2.24, 2.45) is 11.8 Å². The van der Waals surface area contributed by atoms with Crippen LogP contribution >= 0.6 is 11.8 Å². The third-order valence-electron chi connectivity index (χ3n) is 6.95. The Balaban J connectivity index is 1.20. The van der Waals surface area contributed by atoms with Crippen LogP contribution in [-0.4, -0.2) is 58.8 Å². The number of nitrogens with one attached hydrogen (secondary N) is 1. The van der Waals surface area contributed by atoms with Gasteiger partial charge in [-0.1, -0.05) is 61.4 Å². The summed E-state index contributed by atoms with van der Waals surface area (Å²) in [4.78, 5) is 38.7. The molecule has 34 heavy (non-hydrogen) atoms. The minimum atomic E-state index is -0.979. The van der Waals surface area contributed by atoms with Gasteiger partial charge in [-0.2, -0.15) is 0 Å². The van der Waals surface area contributed by atoms with E-state index in [1.54, 1.807) is 0 Å². The van der Waals surface area contributed by atoms with Crippen LogP contribution in [0, 0.1) is 11.8 Å². The number of carboxylic acid groups (broad SMARTS) is 1. The SMILES string of the molecule is O=C(NCC(CC1CC1)C(=O)N1CSCC1C(=O)O)OCC1c2ccccc2-c2ccccc21. The molecule has 2 unspecified atom stereocenters.